The first-order valence-corrected chi connectivity index (χ1v) is 8.92. The number of rotatable bonds is 4. The molecule has 0 aliphatic carbocycles. The lowest BCUT2D eigenvalue weighted by molar-refractivity contribution is 0.133. The predicted octanol–water partition coefficient (Wildman–Crippen LogP) is 3.32. The molecule has 5 nitrogen and oxygen atoms in total. The quantitative estimate of drug-likeness (QED) is 0.912. The van der Waals surface area contributed by atoms with E-state index in [1.807, 2.05) is 48.4 Å². The SMILES string of the molecule is C[C@H](NC(=O)N1CCN(Cc2cccnc2)CC1)c1ccccc1Cl. The number of benzene rings is 1. The predicted molar refractivity (Wildman–Crippen MR) is 99.5 cm³/mol. The van der Waals surface area contributed by atoms with Crippen molar-refractivity contribution in [2.75, 3.05) is 26.2 Å². The summed E-state index contributed by atoms with van der Waals surface area (Å²) in [6.07, 6.45) is 3.68. The molecule has 2 heterocycles. The molecule has 6 heteroatoms. The first-order valence-electron chi connectivity index (χ1n) is 8.54. The summed E-state index contributed by atoms with van der Waals surface area (Å²) in [6.45, 7) is 6.01. The van der Waals surface area contributed by atoms with Crippen molar-refractivity contribution in [3.63, 3.8) is 0 Å². The molecule has 2 aromatic rings. The highest BCUT2D eigenvalue weighted by atomic mass is 35.5. The van der Waals surface area contributed by atoms with Gasteiger partial charge in [-0.3, -0.25) is 9.88 Å². The molecule has 2 amide bonds. The van der Waals surface area contributed by atoms with Crippen molar-refractivity contribution < 1.29 is 4.79 Å². The third kappa shape index (κ3) is 4.71. The zero-order chi connectivity index (χ0) is 17.6. The third-order valence-corrected chi connectivity index (χ3v) is 4.84. The summed E-state index contributed by atoms with van der Waals surface area (Å²) in [5.74, 6) is 0. The average molecular weight is 359 g/mol. The van der Waals surface area contributed by atoms with Crippen LogP contribution in [0.2, 0.25) is 5.02 Å². The van der Waals surface area contributed by atoms with Crippen molar-refractivity contribution in [2.45, 2.75) is 19.5 Å². The lowest BCUT2D eigenvalue weighted by atomic mass is 10.1. The molecule has 1 aromatic carbocycles. The molecule has 0 spiro atoms. The summed E-state index contributed by atoms with van der Waals surface area (Å²) in [4.78, 5) is 20.9. The van der Waals surface area contributed by atoms with Gasteiger partial charge < -0.3 is 10.2 Å². The molecule has 1 N–H and O–H groups in total. The lowest BCUT2D eigenvalue weighted by Gasteiger charge is -2.35. The van der Waals surface area contributed by atoms with Crippen molar-refractivity contribution in [1.29, 1.82) is 0 Å². The highest BCUT2D eigenvalue weighted by Crippen LogP contribution is 2.22. The Kier molecular flexibility index (Phi) is 5.89. The number of amides is 2. The Hall–Kier alpha value is -2.11. The zero-order valence-corrected chi connectivity index (χ0v) is 15.1. The summed E-state index contributed by atoms with van der Waals surface area (Å²) in [6, 6.07) is 11.5. The Balaban J connectivity index is 1.49. The summed E-state index contributed by atoms with van der Waals surface area (Å²) >= 11 is 6.21. The molecule has 1 fully saturated rings. The zero-order valence-electron chi connectivity index (χ0n) is 14.4. The summed E-state index contributed by atoms with van der Waals surface area (Å²) in [5.41, 5.74) is 2.14. The van der Waals surface area contributed by atoms with Gasteiger partial charge in [-0.15, -0.1) is 0 Å². The van der Waals surface area contributed by atoms with Crippen LogP contribution in [0, 0.1) is 0 Å². The van der Waals surface area contributed by atoms with E-state index in [1.54, 1.807) is 6.20 Å². The molecule has 1 saturated heterocycles. The van der Waals surface area contributed by atoms with Crippen LogP contribution in [0.15, 0.2) is 48.8 Å². The number of piperazine rings is 1. The normalized spacial score (nSPS) is 16.5. The highest BCUT2D eigenvalue weighted by molar-refractivity contribution is 6.31. The van der Waals surface area contributed by atoms with Crippen LogP contribution in [0.4, 0.5) is 4.79 Å². The number of urea groups is 1. The Morgan fingerprint density at radius 3 is 2.64 bits per heavy atom. The maximum Gasteiger partial charge on any atom is 0.317 e. The summed E-state index contributed by atoms with van der Waals surface area (Å²) in [7, 11) is 0. The van der Waals surface area contributed by atoms with Crippen LogP contribution >= 0.6 is 11.6 Å². The van der Waals surface area contributed by atoms with Gasteiger partial charge in [0, 0.05) is 50.1 Å². The molecule has 1 aliphatic heterocycles. The fourth-order valence-corrected chi connectivity index (χ4v) is 3.34. The number of aromatic nitrogens is 1. The smallest absolute Gasteiger partial charge is 0.317 e. The number of carbonyl (C=O) groups is 1. The summed E-state index contributed by atoms with van der Waals surface area (Å²) < 4.78 is 0. The molecule has 1 aromatic heterocycles. The molecule has 132 valence electrons. The molecule has 1 aliphatic rings. The molecular weight excluding hydrogens is 336 g/mol. The maximum atomic E-state index is 12.5. The number of halogens is 1. The van der Waals surface area contributed by atoms with Crippen LogP contribution in [-0.4, -0.2) is 47.0 Å². The van der Waals surface area contributed by atoms with E-state index in [0.29, 0.717) is 5.02 Å². The van der Waals surface area contributed by atoms with E-state index in [4.69, 9.17) is 11.6 Å². The standard InChI is InChI=1S/C19H23ClN4O/c1-15(17-6-2-3-7-18(17)20)22-19(25)24-11-9-23(10-12-24)14-16-5-4-8-21-13-16/h2-8,13,15H,9-12,14H2,1H3,(H,22,25)/t15-/m0/s1. The summed E-state index contributed by atoms with van der Waals surface area (Å²) in [5, 5.41) is 3.72. The van der Waals surface area contributed by atoms with Crippen molar-refractivity contribution in [3.8, 4) is 0 Å². The van der Waals surface area contributed by atoms with Gasteiger partial charge in [0.05, 0.1) is 6.04 Å². The second kappa shape index (κ2) is 8.32. The van der Waals surface area contributed by atoms with E-state index in [9.17, 15) is 4.79 Å². The van der Waals surface area contributed by atoms with E-state index < -0.39 is 0 Å². The van der Waals surface area contributed by atoms with E-state index >= 15 is 0 Å². The van der Waals surface area contributed by atoms with Crippen LogP contribution in [0.3, 0.4) is 0 Å². The largest absolute Gasteiger partial charge is 0.331 e. The second-order valence-electron chi connectivity index (χ2n) is 6.32. The van der Waals surface area contributed by atoms with Gasteiger partial charge in [-0.05, 0) is 30.2 Å². The first-order chi connectivity index (χ1) is 12.1. The number of nitrogens with zero attached hydrogens (tertiary/aromatic N) is 3. The van der Waals surface area contributed by atoms with Crippen molar-refractivity contribution in [2.24, 2.45) is 0 Å². The van der Waals surface area contributed by atoms with E-state index in [0.717, 1.165) is 38.3 Å². The Morgan fingerprint density at radius 1 is 1.20 bits per heavy atom. The van der Waals surface area contributed by atoms with Crippen LogP contribution in [0.1, 0.15) is 24.1 Å². The number of carbonyl (C=O) groups excluding carboxylic acids is 1. The molecular formula is C19H23ClN4O. The molecule has 0 saturated carbocycles. The van der Waals surface area contributed by atoms with Crippen molar-refractivity contribution >= 4 is 17.6 Å². The lowest BCUT2D eigenvalue weighted by Crippen LogP contribution is -2.51. The number of hydrogen-bond donors (Lipinski definition) is 1. The van der Waals surface area contributed by atoms with Gasteiger partial charge >= 0.3 is 6.03 Å². The minimum atomic E-state index is -0.116. The number of hydrogen-bond acceptors (Lipinski definition) is 3. The third-order valence-electron chi connectivity index (χ3n) is 4.50. The van der Waals surface area contributed by atoms with Gasteiger partial charge in [0.15, 0.2) is 0 Å². The van der Waals surface area contributed by atoms with Crippen molar-refractivity contribution in [1.82, 2.24) is 20.1 Å². The van der Waals surface area contributed by atoms with Gasteiger partial charge in [0.2, 0.25) is 0 Å². The maximum absolute atomic E-state index is 12.5. The average Bonchev–Trinajstić information content (AvgIpc) is 2.63. The minimum absolute atomic E-state index is 0.0338. The number of pyridine rings is 1. The van der Waals surface area contributed by atoms with Crippen LogP contribution in [0.5, 0.6) is 0 Å². The fraction of sp³-hybridized carbons (Fsp3) is 0.368. The van der Waals surface area contributed by atoms with Gasteiger partial charge in [-0.1, -0.05) is 35.9 Å². The molecule has 3 rings (SSSR count). The van der Waals surface area contributed by atoms with Gasteiger partial charge in [0.1, 0.15) is 0 Å². The van der Waals surface area contributed by atoms with Crippen molar-refractivity contribution in [3.05, 3.63) is 64.9 Å². The molecule has 1 atom stereocenters. The second-order valence-corrected chi connectivity index (χ2v) is 6.72. The van der Waals surface area contributed by atoms with Crippen LogP contribution in [-0.2, 0) is 6.54 Å². The highest BCUT2D eigenvalue weighted by Gasteiger charge is 2.22. The van der Waals surface area contributed by atoms with E-state index in [-0.39, 0.29) is 12.1 Å². The molecule has 0 radical (unpaired) electrons. The monoisotopic (exact) mass is 358 g/mol. The van der Waals surface area contributed by atoms with E-state index in [2.05, 4.69) is 21.3 Å². The molecule has 0 unspecified atom stereocenters. The van der Waals surface area contributed by atoms with Crippen LogP contribution in [0.25, 0.3) is 0 Å². The fourth-order valence-electron chi connectivity index (χ4n) is 3.04. The van der Waals surface area contributed by atoms with Crippen LogP contribution < -0.4 is 5.32 Å². The first kappa shape index (κ1) is 17.7. The van der Waals surface area contributed by atoms with E-state index in [1.165, 1.54) is 5.56 Å². The Morgan fingerprint density at radius 2 is 1.96 bits per heavy atom. The molecule has 0 bridgehead atoms. The molecule has 25 heavy (non-hydrogen) atoms. The Bertz CT molecular complexity index is 702. The van der Waals surface area contributed by atoms with Gasteiger partial charge in [-0.25, -0.2) is 4.79 Å². The Labute approximate surface area is 153 Å². The van der Waals surface area contributed by atoms with Gasteiger partial charge in [0.25, 0.3) is 0 Å². The minimum Gasteiger partial charge on any atom is -0.331 e. The topological polar surface area (TPSA) is 48.5 Å². The van der Waals surface area contributed by atoms with Gasteiger partial charge in [-0.2, -0.15) is 0 Å². The number of nitrogens with one attached hydrogen (secondary N) is 1.